The molecule has 0 fully saturated rings. The molecule has 6 heteroatoms. The Balaban J connectivity index is 2.12. The average Bonchev–Trinajstić information content (AvgIpc) is 2.71. The third-order valence-electron chi connectivity index (χ3n) is 2.66. The van der Waals surface area contributed by atoms with Crippen LogP contribution in [0.2, 0.25) is 0 Å². The summed E-state index contributed by atoms with van der Waals surface area (Å²) < 4.78 is 6.75. The molecule has 2 aromatic rings. The number of hydrogen-bond donors (Lipinski definition) is 2. The highest BCUT2D eigenvalue weighted by molar-refractivity contribution is 5.79. The molecule has 0 saturated carbocycles. The normalized spacial score (nSPS) is 11.8. The van der Waals surface area contributed by atoms with E-state index in [2.05, 4.69) is 15.6 Å². The van der Waals surface area contributed by atoms with Crippen molar-refractivity contribution in [3.05, 3.63) is 34.8 Å². The van der Waals surface area contributed by atoms with Gasteiger partial charge in [0.25, 0.3) is 0 Å². The number of benzene rings is 1. The number of aliphatic imine (C=N–C) groups is 1. The van der Waals surface area contributed by atoms with Crippen molar-refractivity contribution in [3.8, 4) is 0 Å². The van der Waals surface area contributed by atoms with Gasteiger partial charge in [0.1, 0.15) is 0 Å². The van der Waals surface area contributed by atoms with Gasteiger partial charge in [-0.3, -0.25) is 9.56 Å². The molecule has 18 heavy (non-hydrogen) atoms. The van der Waals surface area contributed by atoms with Crippen molar-refractivity contribution in [2.24, 2.45) is 4.99 Å². The molecular formula is C12H16N4O2. The molecule has 1 aromatic heterocycles. The van der Waals surface area contributed by atoms with Crippen molar-refractivity contribution >= 4 is 17.1 Å². The summed E-state index contributed by atoms with van der Waals surface area (Å²) in [6.45, 7) is 1.12. The van der Waals surface area contributed by atoms with Crippen LogP contribution in [-0.4, -0.2) is 31.2 Å². The maximum absolute atomic E-state index is 11.7. The summed E-state index contributed by atoms with van der Waals surface area (Å²) in [6.07, 6.45) is 0. The number of nitrogens with one attached hydrogen (secondary N) is 2. The summed E-state index contributed by atoms with van der Waals surface area (Å²) in [4.78, 5) is 15.7. The summed E-state index contributed by atoms with van der Waals surface area (Å²) in [6, 6.07) is 7.38. The van der Waals surface area contributed by atoms with E-state index in [0.717, 1.165) is 5.52 Å². The number of oxazole rings is 1. The van der Waals surface area contributed by atoms with E-state index in [1.54, 1.807) is 24.7 Å². The van der Waals surface area contributed by atoms with E-state index >= 15 is 0 Å². The molecule has 96 valence electrons. The van der Waals surface area contributed by atoms with Crippen molar-refractivity contribution in [1.82, 2.24) is 15.2 Å². The van der Waals surface area contributed by atoms with Crippen molar-refractivity contribution in [2.75, 3.05) is 20.6 Å². The van der Waals surface area contributed by atoms with Gasteiger partial charge in [-0.05, 0) is 12.1 Å². The van der Waals surface area contributed by atoms with Crippen LogP contribution in [0.5, 0.6) is 0 Å². The van der Waals surface area contributed by atoms with E-state index < -0.39 is 0 Å². The van der Waals surface area contributed by atoms with E-state index in [4.69, 9.17) is 4.42 Å². The van der Waals surface area contributed by atoms with E-state index in [-0.39, 0.29) is 5.76 Å². The van der Waals surface area contributed by atoms with Gasteiger partial charge in [-0.1, -0.05) is 12.1 Å². The van der Waals surface area contributed by atoms with Crippen LogP contribution in [0, 0.1) is 0 Å². The Morgan fingerprint density at radius 2 is 2.22 bits per heavy atom. The first-order valence-corrected chi connectivity index (χ1v) is 5.73. The Labute approximate surface area is 104 Å². The number of guanidine groups is 1. The second kappa shape index (κ2) is 5.39. The van der Waals surface area contributed by atoms with Crippen LogP contribution >= 0.6 is 0 Å². The molecule has 0 aliphatic heterocycles. The van der Waals surface area contributed by atoms with Gasteiger partial charge in [0.2, 0.25) is 0 Å². The Morgan fingerprint density at radius 3 is 2.94 bits per heavy atom. The molecule has 2 N–H and O–H groups in total. The first-order valence-electron chi connectivity index (χ1n) is 5.73. The fourth-order valence-electron chi connectivity index (χ4n) is 1.79. The first kappa shape index (κ1) is 12.2. The first-order chi connectivity index (χ1) is 8.76. The highest BCUT2D eigenvalue weighted by Gasteiger charge is 2.07. The molecule has 1 aromatic carbocycles. The number of nitrogens with zero attached hydrogens (tertiary/aromatic N) is 2. The lowest BCUT2D eigenvalue weighted by atomic mass is 10.3. The molecule has 2 rings (SSSR count). The van der Waals surface area contributed by atoms with E-state index in [0.29, 0.717) is 24.6 Å². The Bertz CT molecular complexity index is 612. The molecule has 0 unspecified atom stereocenters. The maximum Gasteiger partial charge on any atom is 0.420 e. The molecule has 6 nitrogen and oxygen atoms in total. The molecule has 0 saturated heterocycles. The number of para-hydroxylation sites is 2. The molecule has 0 atom stereocenters. The Morgan fingerprint density at radius 1 is 1.44 bits per heavy atom. The lowest BCUT2D eigenvalue weighted by Crippen LogP contribution is -2.37. The summed E-state index contributed by atoms with van der Waals surface area (Å²) in [5.41, 5.74) is 1.42. The summed E-state index contributed by atoms with van der Waals surface area (Å²) >= 11 is 0. The Hall–Kier alpha value is -2.24. The molecule has 0 aliphatic rings. The lowest BCUT2D eigenvalue weighted by Gasteiger charge is -2.08. The lowest BCUT2D eigenvalue weighted by molar-refractivity contribution is 0.503. The van der Waals surface area contributed by atoms with Crippen molar-refractivity contribution in [3.63, 3.8) is 0 Å². The number of aromatic nitrogens is 1. The third kappa shape index (κ3) is 2.37. The fourth-order valence-corrected chi connectivity index (χ4v) is 1.79. The zero-order chi connectivity index (χ0) is 13.0. The van der Waals surface area contributed by atoms with Crippen LogP contribution in [0.3, 0.4) is 0 Å². The van der Waals surface area contributed by atoms with Crippen molar-refractivity contribution in [2.45, 2.75) is 6.54 Å². The fraction of sp³-hybridized carbons (Fsp3) is 0.333. The summed E-state index contributed by atoms with van der Waals surface area (Å²) in [7, 11) is 3.48. The largest absolute Gasteiger partial charge is 0.420 e. The van der Waals surface area contributed by atoms with Crippen LogP contribution < -0.4 is 16.4 Å². The highest BCUT2D eigenvalue weighted by Crippen LogP contribution is 2.10. The quantitative estimate of drug-likeness (QED) is 0.609. The minimum Gasteiger partial charge on any atom is -0.408 e. The van der Waals surface area contributed by atoms with Gasteiger partial charge in [-0.25, -0.2) is 4.79 Å². The second-order valence-corrected chi connectivity index (χ2v) is 3.74. The van der Waals surface area contributed by atoms with Gasteiger partial charge >= 0.3 is 5.76 Å². The molecule has 0 radical (unpaired) electrons. The minimum absolute atomic E-state index is 0.336. The third-order valence-corrected chi connectivity index (χ3v) is 2.66. The van der Waals surface area contributed by atoms with Gasteiger partial charge < -0.3 is 15.1 Å². The number of fused-ring (bicyclic) bond motifs is 1. The molecular weight excluding hydrogens is 232 g/mol. The van der Waals surface area contributed by atoms with Gasteiger partial charge in [-0.15, -0.1) is 0 Å². The van der Waals surface area contributed by atoms with Crippen molar-refractivity contribution < 1.29 is 4.42 Å². The average molecular weight is 248 g/mol. The highest BCUT2D eigenvalue weighted by atomic mass is 16.4. The zero-order valence-corrected chi connectivity index (χ0v) is 10.4. The SMILES string of the molecule is CN=C(NC)NCCn1c(=O)oc2ccccc21. The number of rotatable bonds is 3. The Kier molecular flexibility index (Phi) is 3.66. The van der Waals surface area contributed by atoms with Crippen LogP contribution in [-0.2, 0) is 6.54 Å². The van der Waals surface area contributed by atoms with Gasteiger partial charge in [0, 0.05) is 27.2 Å². The van der Waals surface area contributed by atoms with Crippen LogP contribution in [0.25, 0.3) is 11.1 Å². The van der Waals surface area contributed by atoms with E-state index in [1.165, 1.54) is 0 Å². The number of hydrogen-bond acceptors (Lipinski definition) is 3. The van der Waals surface area contributed by atoms with Crippen LogP contribution in [0.15, 0.2) is 38.5 Å². The monoisotopic (exact) mass is 248 g/mol. The van der Waals surface area contributed by atoms with E-state index in [9.17, 15) is 4.79 Å². The predicted molar refractivity (Wildman–Crippen MR) is 70.9 cm³/mol. The van der Waals surface area contributed by atoms with Gasteiger partial charge in [-0.2, -0.15) is 0 Å². The summed E-state index contributed by atoms with van der Waals surface area (Å²) in [5.74, 6) is 0.355. The molecule has 0 aliphatic carbocycles. The van der Waals surface area contributed by atoms with E-state index in [1.807, 2.05) is 18.2 Å². The standard InChI is InChI=1S/C12H16N4O2/c1-13-11(14-2)15-7-8-16-9-5-3-4-6-10(9)18-12(16)17/h3-6H,7-8H2,1-2H3,(H2,13,14,15). The zero-order valence-electron chi connectivity index (χ0n) is 10.4. The summed E-state index contributed by atoms with van der Waals surface area (Å²) in [5, 5.41) is 6.00. The molecule has 0 bridgehead atoms. The smallest absolute Gasteiger partial charge is 0.408 e. The maximum atomic E-state index is 11.7. The van der Waals surface area contributed by atoms with Gasteiger partial charge in [0.15, 0.2) is 11.5 Å². The van der Waals surface area contributed by atoms with Crippen molar-refractivity contribution in [1.29, 1.82) is 0 Å². The predicted octanol–water partition coefficient (Wildman–Crippen LogP) is 0.389. The molecule has 1 heterocycles. The molecule has 0 spiro atoms. The molecule has 0 amide bonds. The minimum atomic E-state index is -0.336. The second-order valence-electron chi connectivity index (χ2n) is 3.74. The van der Waals surface area contributed by atoms with Crippen LogP contribution in [0.1, 0.15) is 0 Å². The topological polar surface area (TPSA) is 71.6 Å². The van der Waals surface area contributed by atoms with Crippen LogP contribution in [0.4, 0.5) is 0 Å². The van der Waals surface area contributed by atoms with Gasteiger partial charge in [0.05, 0.1) is 5.52 Å².